The maximum Gasteiger partial charge on any atom is 0.270 e. The van der Waals surface area contributed by atoms with E-state index in [0.29, 0.717) is 11.6 Å². The molecule has 2 aliphatic rings. The van der Waals surface area contributed by atoms with Gasteiger partial charge in [0.15, 0.2) is 5.58 Å². The van der Waals surface area contributed by atoms with E-state index in [9.17, 15) is 4.79 Å². The minimum atomic E-state index is -0.0738. The summed E-state index contributed by atoms with van der Waals surface area (Å²) < 4.78 is 5.53. The highest BCUT2D eigenvalue weighted by Gasteiger charge is 2.33. The first-order valence-corrected chi connectivity index (χ1v) is 8.50. The van der Waals surface area contributed by atoms with E-state index >= 15 is 0 Å². The van der Waals surface area contributed by atoms with E-state index in [2.05, 4.69) is 29.0 Å². The average Bonchev–Trinajstić information content (AvgIpc) is 3.09. The summed E-state index contributed by atoms with van der Waals surface area (Å²) in [4.78, 5) is 19.3. The molecule has 2 aromatic rings. The molecule has 0 aromatic carbocycles. The van der Waals surface area contributed by atoms with Crippen LogP contribution in [-0.2, 0) is 0 Å². The molecule has 2 aromatic heterocycles. The lowest BCUT2D eigenvalue weighted by atomic mass is 9.96. The van der Waals surface area contributed by atoms with Crippen molar-refractivity contribution in [2.45, 2.75) is 38.6 Å². The number of nitrogens with zero attached hydrogens (tertiary/aromatic N) is 2. The Labute approximate surface area is 136 Å². The first-order valence-electron chi connectivity index (χ1n) is 8.50. The lowest BCUT2D eigenvalue weighted by Gasteiger charge is -2.30. The minimum Gasteiger partial charge on any atom is -0.462 e. The zero-order valence-corrected chi connectivity index (χ0v) is 13.7. The van der Waals surface area contributed by atoms with Gasteiger partial charge in [-0.05, 0) is 37.3 Å². The number of hydrogen-bond acceptors (Lipinski definition) is 4. The molecule has 2 aliphatic heterocycles. The zero-order chi connectivity index (χ0) is 16.0. The second-order valence-electron chi connectivity index (χ2n) is 7.23. The van der Waals surface area contributed by atoms with Crippen molar-refractivity contribution < 1.29 is 9.21 Å². The topological polar surface area (TPSA) is 58.4 Å². The van der Waals surface area contributed by atoms with Crippen LogP contribution in [0.5, 0.6) is 0 Å². The normalized spacial score (nSPS) is 26.8. The first kappa shape index (κ1) is 14.7. The molecule has 2 unspecified atom stereocenters. The van der Waals surface area contributed by atoms with Gasteiger partial charge in [-0.3, -0.25) is 4.79 Å². The highest BCUT2D eigenvalue weighted by atomic mass is 16.3. The fourth-order valence-electron chi connectivity index (χ4n) is 3.95. The largest absolute Gasteiger partial charge is 0.462 e. The number of carbonyl (C=O) groups is 1. The number of fused-ring (bicyclic) bond motifs is 3. The molecular weight excluding hydrogens is 290 g/mol. The van der Waals surface area contributed by atoms with Crippen LogP contribution >= 0.6 is 0 Å². The van der Waals surface area contributed by atoms with E-state index in [4.69, 9.17) is 4.42 Å². The van der Waals surface area contributed by atoms with Gasteiger partial charge in [-0.15, -0.1) is 0 Å². The van der Waals surface area contributed by atoms with E-state index in [1.807, 2.05) is 6.07 Å². The predicted octanol–water partition coefficient (Wildman–Crippen LogP) is 2.78. The Kier molecular flexibility index (Phi) is 3.60. The number of pyridine rings is 1. The molecule has 4 heterocycles. The van der Waals surface area contributed by atoms with E-state index in [-0.39, 0.29) is 11.9 Å². The first-order chi connectivity index (χ1) is 11.1. The Morgan fingerprint density at radius 3 is 3.09 bits per heavy atom. The third kappa shape index (κ3) is 2.74. The SMILES string of the molecule is CC(C)c1coc2cnc(C(=O)N[C@@H]3CC4CCN(C4)C3)cc12. The molecule has 3 atom stereocenters. The van der Waals surface area contributed by atoms with Crippen LogP contribution in [0.15, 0.2) is 22.9 Å². The van der Waals surface area contributed by atoms with Crippen LogP contribution in [0.2, 0.25) is 0 Å². The molecule has 0 saturated carbocycles. The number of hydrogen-bond donors (Lipinski definition) is 1. The van der Waals surface area contributed by atoms with Gasteiger partial charge >= 0.3 is 0 Å². The highest BCUT2D eigenvalue weighted by Crippen LogP contribution is 2.28. The summed E-state index contributed by atoms with van der Waals surface area (Å²) in [6.45, 7) is 7.58. The fraction of sp³-hybridized carbons (Fsp3) is 0.556. The Morgan fingerprint density at radius 2 is 2.30 bits per heavy atom. The Hall–Kier alpha value is -1.88. The molecule has 2 bridgehead atoms. The van der Waals surface area contributed by atoms with Crippen molar-refractivity contribution in [3.05, 3.63) is 29.8 Å². The highest BCUT2D eigenvalue weighted by molar-refractivity contribution is 5.96. The van der Waals surface area contributed by atoms with E-state index < -0.39 is 0 Å². The standard InChI is InChI=1S/C18H23N3O2/c1-11(2)15-10-23-17-7-19-16(6-14(15)17)18(22)20-13-5-12-3-4-21(8-12)9-13/h6-7,10-13H,3-5,8-9H2,1-2H3,(H,20,22)/t12?,13-/m1/s1. The number of aromatic nitrogens is 1. The maximum absolute atomic E-state index is 12.6. The van der Waals surface area contributed by atoms with Crippen LogP contribution in [0, 0.1) is 5.92 Å². The van der Waals surface area contributed by atoms with Crippen LogP contribution in [0.3, 0.4) is 0 Å². The third-order valence-corrected chi connectivity index (χ3v) is 5.15. The Balaban J connectivity index is 1.54. The van der Waals surface area contributed by atoms with E-state index in [1.165, 1.54) is 19.5 Å². The van der Waals surface area contributed by atoms with Gasteiger partial charge in [-0.1, -0.05) is 13.8 Å². The van der Waals surface area contributed by atoms with Crippen LogP contribution in [0.4, 0.5) is 0 Å². The Bertz CT molecular complexity index is 725. The van der Waals surface area contributed by atoms with Gasteiger partial charge in [-0.2, -0.15) is 0 Å². The summed E-state index contributed by atoms with van der Waals surface area (Å²) in [6, 6.07) is 2.11. The third-order valence-electron chi connectivity index (χ3n) is 5.15. The van der Waals surface area contributed by atoms with Crippen molar-refractivity contribution in [1.29, 1.82) is 0 Å². The minimum absolute atomic E-state index is 0.0738. The van der Waals surface area contributed by atoms with Crippen LogP contribution in [-0.4, -0.2) is 41.5 Å². The molecule has 0 aliphatic carbocycles. The lowest BCUT2D eigenvalue weighted by molar-refractivity contribution is 0.0904. The maximum atomic E-state index is 12.6. The molecule has 4 rings (SSSR count). The molecule has 1 amide bonds. The van der Waals surface area contributed by atoms with Crippen LogP contribution in [0.25, 0.3) is 11.0 Å². The van der Waals surface area contributed by atoms with Crippen molar-refractivity contribution in [2.75, 3.05) is 19.6 Å². The quantitative estimate of drug-likeness (QED) is 0.946. The summed E-state index contributed by atoms with van der Waals surface area (Å²) in [7, 11) is 0. The van der Waals surface area contributed by atoms with Crippen molar-refractivity contribution in [3.63, 3.8) is 0 Å². The molecule has 0 radical (unpaired) electrons. The molecule has 1 N–H and O–H groups in total. The molecular formula is C18H23N3O2. The van der Waals surface area contributed by atoms with Gasteiger partial charge in [0, 0.05) is 30.1 Å². The fourth-order valence-corrected chi connectivity index (χ4v) is 3.95. The number of carbonyl (C=O) groups excluding carboxylic acids is 1. The van der Waals surface area contributed by atoms with E-state index in [0.717, 1.165) is 35.4 Å². The number of piperidine rings is 1. The molecule has 0 spiro atoms. The molecule has 5 nitrogen and oxygen atoms in total. The molecule has 2 saturated heterocycles. The Morgan fingerprint density at radius 1 is 1.43 bits per heavy atom. The summed E-state index contributed by atoms with van der Waals surface area (Å²) in [5.74, 6) is 1.03. The number of furan rings is 1. The lowest BCUT2D eigenvalue weighted by Crippen LogP contribution is -2.47. The number of nitrogens with one attached hydrogen (secondary N) is 1. The molecule has 122 valence electrons. The van der Waals surface area contributed by atoms with Gasteiger partial charge in [0.1, 0.15) is 5.69 Å². The summed E-state index contributed by atoms with van der Waals surface area (Å²) >= 11 is 0. The van der Waals surface area contributed by atoms with E-state index in [1.54, 1.807) is 12.5 Å². The monoisotopic (exact) mass is 313 g/mol. The predicted molar refractivity (Wildman–Crippen MR) is 88.5 cm³/mol. The molecule has 23 heavy (non-hydrogen) atoms. The second kappa shape index (κ2) is 5.64. The van der Waals surface area contributed by atoms with Gasteiger partial charge in [-0.25, -0.2) is 4.98 Å². The molecule has 5 heteroatoms. The van der Waals surface area contributed by atoms with Gasteiger partial charge in [0.2, 0.25) is 0 Å². The van der Waals surface area contributed by atoms with Crippen molar-refractivity contribution >= 4 is 16.9 Å². The van der Waals surface area contributed by atoms with Gasteiger partial charge in [0.25, 0.3) is 5.91 Å². The number of rotatable bonds is 3. The van der Waals surface area contributed by atoms with Gasteiger partial charge < -0.3 is 14.6 Å². The van der Waals surface area contributed by atoms with Crippen LogP contribution in [0.1, 0.15) is 48.7 Å². The average molecular weight is 313 g/mol. The van der Waals surface area contributed by atoms with Crippen molar-refractivity contribution in [2.24, 2.45) is 5.92 Å². The smallest absolute Gasteiger partial charge is 0.270 e. The van der Waals surface area contributed by atoms with Crippen molar-refractivity contribution in [1.82, 2.24) is 15.2 Å². The summed E-state index contributed by atoms with van der Waals surface area (Å²) in [5, 5.41) is 4.16. The van der Waals surface area contributed by atoms with Crippen molar-refractivity contribution in [3.8, 4) is 0 Å². The second-order valence-corrected chi connectivity index (χ2v) is 7.23. The number of amides is 1. The summed E-state index contributed by atoms with van der Waals surface area (Å²) in [5.41, 5.74) is 2.35. The molecule has 2 fully saturated rings. The van der Waals surface area contributed by atoms with Crippen LogP contribution < -0.4 is 5.32 Å². The van der Waals surface area contributed by atoms with Gasteiger partial charge in [0.05, 0.1) is 12.5 Å². The summed E-state index contributed by atoms with van der Waals surface area (Å²) in [6.07, 6.45) is 5.78. The zero-order valence-electron chi connectivity index (χ0n) is 13.7.